The molecule has 0 aliphatic carbocycles. The molecule has 6 heteroatoms. The summed E-state index contributed by atoms with van der Waals surface area (Å²) >= 11 is 0. The molecule has 2 nitrogen and oxygen atoms in total. The van der Waals surface area contributed by atoms with Crippen LogP contribution in [0.5, 0.6) is 0 Å². The molecule has 1 aromatic rings. The Balaban J connectivity index is 3.05. The summed E-state index contributed by atoms with van der Waals surface area (Å²) in [4.78, 5) is 10.3. The number of rotatable bonds is 1. The molecule has 0 saturated heterocycles. The quantitative estimate of drug-likeness (QED) is 0.597. The van der Waals surface area contributed by atoms with Crippen LogP contribution < -0.4 is 5.73 Å². The maximum absolute atomic E-state index is 12.9. The molecule has 0 fully saturated rings. The third kappa shape index (κ3) is 4.15. The maximum Gasteiger partial charge on any atom is 0.416 e. The van der Waals surface area contributed by atoms with Crippen LogP contribution >= 0.6 is 0 Å². The summed E-state index contributed by atoms with van der Waals surface area (Å²) in [6.07, 6.45) is -4.93. The highest BCUT2D eigenvalue weighted by molar-refractivity contribution is 5.76. The second kappa shape index (κ2) is 4.87. The van der Waals surface area contributed by atoms with E-state index in [-0.39, 0.29) is 12.0 Å². The van der Waals surface area contributed by atoms with Crippen LogP contribution in [0.3, 0.4) is 0 Å². The van der Waals surface area contributed by atoms with Crippen LogP contribution in [0.25, 0.3) is 0 Å². The molecule has 0 heterocycles. The lowest BCUT2D eigenvalue weighted by atomic mass is 10.1. The van der Waals surface area contributed by atoms with Gasteiger partial charge in [-0.1, -0.05) is 11.8 Å². The number of amides is 1. The highest BCUT2D eigenvalue weighted by atomic mass is 19.4. The first kappa shape index (κ1) is 13.0. The first-order valence-electron chi connectivity index (χ1n) is 4.44. The number of hydrogen-bond acceptors (Lipinski definition) is 1. The molecule has 0 radical (unpaired) electrons. The van der Waals surface area contributed by atoms with E-state index in [1.54, 1.807) is 0 Å². The lowest BCUT2D eigenvalue weighted by molar-refractivity contribution is -0.137. The van der Waals surface area contributed by atoms with Crippen LogP contribution in [0.1, 0.15) is 17.5 Å². The predicted octanol–water partition coefficient (Wildman–Crippen LogP) is 2.07. The van der Waals surface area contributed by atoms with E-state index in [1.807, 2.05) is 0 Å². The van der Waals surface area contributed by atoms with Crippen LogP contribution in [0.2, 0.25) is 0 Å². The van der Waals surface area contributed by atoms with Crippen LogP contribution in [-0.2, 0) is 11.0 Å². The minimum Gasteiger partial charge on any atom is -0.369 e. The summed E-state index contributed by atoms with van der Waals surface area (Å²) in [7, 11) is 0. The van der Waals surface area contributed by atoms with Gasteiger partial charge in [0.1, 0.15) is 5.82 Å². The zero-order chi connectivity index (χ0) is 13.1. The van der Waals surface area contributed by atoms with Gasteiger partial charge in [-0.2, -0.15) is 13.2 Å². The van der Waals surface area contributed by atoms with Crippen molar-refractivity contribution < 1.29 is 22.4 Å². The summed E-state index contributed by atoms with van der Waals surface area (Å²) in [5.41, 5.74) is 3.51. The monoisotopic (exact) mass is 245 g/mol. The topological polar surface area (TPSA) is 43.1 Å². The van der Waals surface area contributed by atoms with Crippen molar-refractivity contribution in [3.63, 3.8) is 0 Å². The van der Waals surface area contributed by atoms with Crippen molar-refractivity contribution >= 4 is 5.91 Å². The van der Waals surface area contributed by atoms with Crippen LogP contribution in [0.15, 0.2) is 18.2 Å². The van der Waals surface area contributed by atoms with Gasteiger partial charge in [0.15, 0.2) is 0 Å². The molecule has 0 aromatic heterocycles. The fourth-order valence-electron chi connectivity index (χ4n) is 1.06. The molecular formula is C11H7F4NO. The maximum atomic E-state index is 12.9. The molecule has 1 amide bonds. The fraction of sp³-hybridized carbons (Fsp3) is 0.182. The predicted molar refractivity (Wildman–Crippen MR) is 52.1 cm³/mol. The largest absolute Gasteiger partial charge is 0.416 e. The molecule has 0 unspecified atom stereocenters. The lowest BCUT2D eigenvalue weighted by Crippen LogP contribution is -2.08. The third-order valence-electron chi connectivity index (χ3n) is 1.72. The van der Waals surface area contributed by atoms with Gasteiger partial charge in [-0.25, -0.2) is 4.39 Å². The van der Waals surface area contributed by atoms with Gasteiger partial charge in [0.2, 0.25) is 5.91 Å². The summed E-state index contributed by atoms with van der Waals surface area (Å²) in [5, 5.41) is 0. The van der Waals surface area contributed by atoms with E-state index in [4.69, 9.17) is 5.73 Å². The van der Waals surface area contributed by atoms with E-state index in [0.29, 0.717) is 12.1 Å². The molecule has 17 heavy (non-hydrogen) atoms. The van der Waals surface area contributed by atoms with Crippen LogP contribution in [0.4, 0.5) is 17.6 Å². The summed E-state index contributed by atoms with van der Waals surface area (Å²) in [5.74, 6) is 2.74. The van der Waals surface area contributed by atoms with Crippen molar-refractivity contribution in [2.45, 2.75) is 12.6 Å². The number of carbonyl (C=O) groups is 1. The van der Waals surface area contributed by atoms with E-state index in [2.05, 4.69) is 11.8 Å². The summed E-state index contributed by atoms with van der Waals surface area (Å²) < 4.78 is 49.8. The van der Waals surface area contributed by atoms with Crippen LogP contribution in [-0.4, -0.2) is 5.91 Å². The van der Waals surface area contributed by atoms with Gasteiger partial charge in [0.05, 0.1) is 12.0 Å². The van der Waals surface area contributed by atoms with Gasteiger partial charge in [-0.3, -0.25) is 4.79 Å². The van der Waals surface area contributed by atoms with Crippen molar-refractivity contribution in [1.82, 2.24) is 0 Å². The average Bonchev–Trinajstić information content (AvgIpc) is 2.14. The molecule has 0 atom stereocenters. The highest BCUT2D eigenvalue weighted by Gasteiger charge is 2.31. The zero-order valence-corrected chi connectivity index (χ0v) is 8.44. The van der Waals surface area contributed by atoms with E-state index in [1.165, 1.54) is 0 Å². The number of hydrogen-bond donors (Lipinski definition) is 1. The minimum atomic E-state index is -4.64. The Kier molecular flexibility index (Phi) is 3.73. The van der Waals surface area contributed by atoms with Crippen molar-refractivity contribution in [3.05, 3.63) is 35.1 Å². The lowest BCUT2D eigenvalue weighted by Gasteiger charge is -2.06. The number of nitrogens with two attached hydrogens (primary N) is 1. The first-order chi connectivity index (χ1) is 7.79. The molecule has 1 aromatic carbocycles. The number of benzene rings is 1. The molecule has 0 aliphatic rings. The number of carbonyl (C=O) groups excluding carboxylic acids is 1. The molecule has 1 rings (SSSR count). The first-order valence-corrected chi connectivity index (χ1v) is 4.44. The average molecular weight is 245 g/mol. The Hall–Kier alpha value is -2.03. The van der Waals surface area contributed by atoms with Crippen LogP contribution in [0, 0.1) is 17.7 Å². The smallest absolute Gasteiger partial charge is 0.369 e. The molecule has 0 aliphatic heterocycles. The Bertz CT molecular complexity index is 496. The highest BCUT2D eigenvalue weighted by Crippen LogP contribution is 2.30. The molecule has 2 N–H and O–H groups in total. The van der Waals surface area contributed by atoms with Gasteiger partial charge >= 0.3 is 6.18 Å². The standard InChI is InChI=1S/C11H7F4NO/c12-9-5-7(2-1-3-10(16)17)4-8(6-9)11(13,14)15/h4-6H,3H2,(H2,16,17). The zero-order valence-electron chi connectivity index (χ0n) is 8.44. The number of halogens is 4. The van der Waals surface area contributed by atoms with Gasteiger partial charge in [0, 0.05) is 5.56 Å². The van der Waals surface area contributed by atoms with Crippen molar-refractivity contribution in [2.24, 2.45) is 5.73 Å². The molecule has 0 saturated carbocycles. The molecular weight excluding hydrogens is 238 g/mol. The molecule has 0 bridgehead atoms. The summed E-state index contributed by atoms with van der Waals surface area (Å²) in [6.45, 7) is 0. The van der Waals surface area contributed by atoms with Crippen molar-refractivity contribution in [1.29, 1.82) is 0 Å². The van der Waals surface area contributed by atoms with E-state index in [9.17, 15) is 22.4 Å². The fourth-order valence-corrected chi connectivity index (χ4v) is 1.06. The second-order valence-corrected chi connectivity index (χ2v) is 3.17. The number of primary amides is 1. The molecule has 0 spiro atoms. The van der Waals surface area contributed by atoms with E-state index in [0.717, 1.165) is 6.07 Å². The Morgan fingerprint density at radius 2 is 1.94 bits per heavy atom. The SMILES string of the molecule is NC(=O)CC#Cc1cc(F)cc(C(F)(F)F)c1. The van der Waals surface area contributed by atoms with Gasteiger partial charge in [-0.15, -0.1) is 0 Å². The van der Waals surface area contributed by atoms with Crippen molar-refractivity contribution in [3.8, 4) is 11.8 Å². The Labute approximate surface area is 94.4 Å². The summed E-state index contributed by atoms with van der Waals surface area (Å²) in [6, 6.07) is 1.93. The van der Waals surface area contributed by atoms with Gasteiger partial charge in [-0.05, 0) is 18.2 Å². The van der Waals surface area contributed by atoms with Gasteiger partial charge < -0.3 is 5.73 Å². The number of alkyl halides is 3. The Morgan fingerprint density at radius 1 is 1.29 bits per heavy atom. The molecule has 90 valence electrons. The van der Waals surface area contributed by atoms with E-state index >= 15 is 0 Å². The van der Waals surface area contributed by atoms with Gasteiger partial charge in [0.25, 0.3) is 0 Å². The minimum absolute atomic E-state index is 0.154. The Morgan fingerprint density at radius 3 is 2.47 bits per heavy atom. The normalized spacial score (nSPS) is 10.6. The van der Waals surface area contributed by atoms with Crippen molar-refractivity contribution in [2.75, 3.05) is 0 Å². The second-order valence-electron chi connectivity index (χ2n) is 3.17. The van der Waals surface area contributed by atoms with E-state index < -0.39 is 23.5 Å². The third-order valence-corrected chi connectivity index (χ3v) is 1.72.